The number of Topliss-reactive ketones (excluding diaryl/α,β-unsaturated/α-hetero) is 1. The van der Waals surface area contributed by atoms with E-state index in [-0.39, 0.29) is 11.8 Å². The van der Waals surface area contributed by atoms with Gasteiger partial charge in [-0.1, -0.05) is 0 Å². The number of thiophene rings is 1. The molecule has 4 heteroatoms. The highest BCUT2D eigenvalue weighted by molar-refractivity contribution is 7.14. The van der Waals surface area contributed by atoms with Crippen LogP contribution in [0.15, 0.2) is 6.07 Å². The van der Waals surface area contributed by atoms with Crippen LogP contribution in [0.25, 0.3) is 0 Å². The van der Waals surface area contributed by atoms with Crippen molar-refractivity contribution in [1.29, 1.82) is 0 Å². The highest BCUT2D eigenvalue weighted by atomic mass is 32.1. The lowest BCUT2D eigenvalue weighted by Crippen LogP contribution is -2.26. The van der Waals surface area contributed by atoms with Crippen LogP contribution in [0.2, 0.25) is 0 Å². The molecule has 0 bridgehead atoms. The summed E-state index contributed by atoms with van der Waals surface area (Å²) in [6, 6.07) is 1.63. The molecule has 3 nitrogen and oxygen atoms in total. The zero-order valence-electron chi connectivity index (χ0n) is 9.12. The van der Waals surface area contributed by atoms with Crippen molar-refractivity contribution in [1.82, 2.24) is 4.90 Å². The minimum absolute atomic E-state index is 0.0667. The van der Waals surface area contributed by atoms with Crippen molar-refractivity contribution in [3.05, 3.63) is 21.4 Å². The Morgan fingerprint density at radius 2 is 2.40 bits per heavy atom. The number of nitrogens with zero attached hydrogens (tertiary/aromatic N) is 1. The summed E-state index contributed by atoms with van der Waals surface area (Å²) >= 11 is 1.62. The van der Waals surface area contributed by atoms with Gasteiger partial charge < -0.3 is 10.6 Å². The van der Waals surface area contributed by atoms with E-state index < -0.39 is 0 Å². The number of carbonyl (C=O) groups excluding carboxylic acids is 1. The predicted octanol–water partition coefficient (Wildman–Crippen LogP) is 1.27. The smallest absolute Gasteiger partial charge is 0.189 e. The van der Waals surface area contributed by atoms with Crippen molar-refractivity contribution < 1.29 is 4.79 Å². The van der Waals surface area contributed by atoms with Crippen LogP contribution in [0, 0.1) is 0 Å². The van der Waals surface area contributed by atoms with Gasteiger partial charge in [-0.15, -0.1) is 11.3 Å². The quantitative estimate of drug-likeness (QED) is 0.769. The molecule has 15 heavy (non-hydrogen) atoms. The van der Waals surface area contributed by atoms with E-state index in [1.165, 1.54) is 10.4 Å². The van der Waals surface area contributed by atoms with Crippen LogP contribution in [0.1, 0.15) is 27.0 Å². The second kappa shape index (κ2) is 4.04. The van der Waals surface area contributed by atoms with E-state index in [0.717, 1.165) is 24.4 Å². The summed E-state index contributed by atoms with van der Waals surface area (Å²) < 4.78 is 0. The Morgan fingerprint density at radius 3 is 3.07 bits per heavy atom. The molecule has 1 aromatic heterocycles. The Kier molecular flexibility index (Phi) is 2.91. The summed E-state index contributed by atoms with van der Waals surface area (Å²) in [7, 11) is 2.10. The standard InChI is InChI=1S/C11H16N2OS/c1-7(12)11(14)10-5-8-6-13(2)4-3-9(8)15-10/h5,7H,3-4,6,12H2,1-2H3. The molecule has 2 heterocycles. The van der Waals surface area contributed by atoms with Gasteiger partial charge in [-0.05, 0) is 32.0 Å². The molecule has 0 radical (unpaired) electrons. The number of carbonyl (C=O) groups is 1. The van der Waals surface area contributed by atoms with E-state index >= 15 is 0 Å². The summed E-state index contributed by atoms with van der Waals surface area (Å²) in [5.41, 5.74) is 6.90. The molecule has 1 unspecified atom stereocenters. The van der Waals surface area contributed by atoms with Crippen molar-refractivity contribution in [3.8, 4) is 0 Å². The molecule has 0 fully saturated rings. The van der Waals surface area contributed by atoms with Crippen molar-refractivity contribution >= 4 is 17.1 Å². The number of ketones is 1. The summed E-state index contributed by atoms with van der Waals surface area (Å²) in [6.45, 7) is 3.78. The maximum atomic E-state index is 11.7. The Balaban J connectivity index is 2.26. The second-order valence-corrected chi connectivity index (χ2v) is 5.34. The van der Waals surface area contributed by atoms with Gasteiger partial charge in [0.25, 0.3) is 0 Å². The molecule has 0 amide bonds. The first kappa shape index (κ1) is 10.8. The van der Waals surface area contributed by atoms with Gasteiger partial charge in [0.05, 0.1) is 10.9 Å². The van der Waals surface area contributed by atoms with E-state index in [2.05, 4.69) is 11.9 Å². The molecule has 82 valence electrons. The average molecular weight is 224 g/mol. The van der Waals surface area contributed by atoms with Crippen molar-refractivity contribution in [3.63, 3.8) is 0 Å². The molecule has 0 spiro atoms. The van der Waals surface area contributed by atoms with Gasteiger partial charge in [0, 0.05) is 18.0 Å². The Bertz CT molecular complexity index is 384. The Hall–Kier alpha value is -0.710. The number of rotatable bonds is 2. The topological polar surface area (TPSA) is 46.3 Å². The van der Waals surface area contributed by atoms with Crippen LogP contribution in [0.5, 0.6) is 0 Å². The number of fused-ring (bicyclic) bond motifs is 1. The maximum absolute atomic E-state index is 11.7. The SMILES string of the molecule is CC(N)C(=O)c1cc2c(s1)CCN(C)C2. The van der Waals surface area contributed by atoms with Crippen LogP contribution < -0.4 is 5.73 Å². The summed E-state index contributed by atoms with van der Waals surface area (Å²) in [6.07, 6.45) is 1.06. The first-order valence-electron chi connectivity index (χ1n) is 5.18. The molecule has 1 aliphatic heterocycles. The molecule has 2 N–H and O–H groups in total. The van der Waals surface area contributed by atoms with Crippen LogP contribution >= 0.6 is 11.3 Å². The van der Waals surface area contributed by atoms with Crippen LogP contribution in [-0.4, -0.2) is 30.3 Å². The fourth-order valence-corrected chi connectivity index (χ4v) is 3.02. The first-order valence-corrected chi connectivity index (χ1v) is 5.99. The molecular formula is C11H16N2OS. The van der Waals surface area contributed by atoms with Crippen LogP contribution in [0.3, 0.4) is 0 Å². The minimum atomic E-state index is -0.386. The third-order valence-corrected chi connectivity index (χ3v) is 3.97. The minimum Gasteiger partial charge on any atom is -0.321 e. The van der Waals surface area contributed by atoms with Crippen LogP contribution in [0.4, 0.5) is 0 Å². The van der Waals surface area contributed by atoms with E-state index in [0.29, 0.717) is 0 Å². The molecule has 1 atom stereocenters. The average Bonchev–Trinajstić information content (AvgIpc) is 2.58. The van der Waals surface area contributed by atoms with Gasteiger partial charge in [-0.2, -0.15) is 0 Å². The van der Waals surface area contributed by atoms with E-state index in [1.54, 1.807) is 18.3 Å². The third-order valence-electron chi connectivity index (χ3n) is 2.71. The monoisotopic (exact) mass is 224 g/mol. The molecule has 1 aliphatic rings. The molecular weight excluding hydrogens is 208 g/mol. The highest BCUT2D eigenvalue weighted by Gasteiger charge is 2.20. The lowest BCUT2D eigenvalue weighted by atomic mass is 10.1. The molecule has 1 aromatic rings. The van der Waals surface area contributed by atoms with Gasteiger partial charge >= 0.3 is 0 Å². The van der Waals surface area contributed by atoms with E-state index in [9.17, 15) is 4.79 Å². The third kappa shape index (κ3) is 2.12. The second-order valence-electron chi connectivity index (χ2n) is 4.20. The van der Waals surface area contributed by atoms with Gasteiger partial charge in [0.1, 0.15) is 0 Å². The van der Waals surface area contributed by atoms with Gasteiger partial charge in [0.2, 0.25) is 0 Å². The largest absolute Gasteiger partial charge is 0.321 e. The summed E-state index contributed by atoms with van der Waals surface area (Å²) in [5, 5.41) is 0. The van der Waals surface area contributed by atoms with Gasteiger partial charge in [-0.3, -0.25) is 4.79 Å². The lowest BCUT2D eigenvalue weighted by Gasteiger charge is -2.21. The highest BCUT2D eigenvalue weighted by Crippen LogP contribution is 2.28. The van der Waals surface area contributed by atoms with Crippen molar-refractivity contribution in [2.75, 3.05) is 13.6 Å². The Morgan fingerprint density at radius 1 is 1.67 bits per heavy atom. The molecule has 0 aliphatic carbocycles. The number of hydrogen-bond donors (Lipinski definition) is 1. The normalized spacial score (nSPS) is 18.6. The van der Waals surface area contributed by atoms with Crippen molar-refractivity contribution in [2.24, 2.45) is 5.73 Å². The fraction of sp³-hybridized carbons (Fsp3) is 0.545. The molecule has 0 saturated heterocycles. The predicted molar refractivity (Wildman–Crippen MR) is 62.3 cm³/mol. The zero-order valence-corrected chi connectivity index (χ0v) is 9.93. The Labute approximate surface area is 93.9 Å². The van der Waals surface area contributed by atoms with E-state index in [1.807, 2.05) is 6.07 Å². The molecule has 0 aromatic carbocycles. The lowest BCUT2D eigenvalue weighted by molar-refractivity contribution is 0.0972. The molecule has 2 rings (SSSR count). The van der Waals surface area contributed by atoms with Crippen molar-refractivity contribution in [2.45, 2.75) is 25.9 Å². The fourth-order valence-electron chi connectivity index (χ4n) is 1.82. The first-order chi connectivity index (χ1) is 7.08. The van der Waals surface area contributed by atoms with Gasteiger partial charge in [0.15, 0.2) is 5.78 Å². The number of nitrogens with two attached hydrogens (primary N) is 1. The van der Waals surface area contributed by atoms with Gasteiger partial charge in [-0.25, -0.2) is 0 Å². The number of likely N-dealkylation sites (N-methyl/N-ethyl adjacent to an activating group) is 1. The van der Waals surface area contributed by atoms with Crippen LogP contribution in [-0.2, 0) is 13.0 Å². The maximum Gasteiger partial charge on any atom is 0.189 e. The summed E-state index contributed by atoms with van der Waals surface area (Å²) in [4.78, 5) is 16.2. The zero-order chi connectivity index (χ0) is 11.0. The summed E-state index contributed by atoms with van der Waals surface area (Å²) in [5.74, 6) is 0.0667. The number of hydrogen-bond acceptors (Lipinski definition) is 4. The van der Waals surface area contributed by atoms with E-state index in [4.69, 9.17) is 5.73 Å². The molecule has 0 saturated carbocycles.